The molecule has 3 aromatic rings. The summed E-state index contributed by atoms with van der Waals surface area (Å²) < 4.78 is 0. The van der Waals surface area contributed by atoms with Gasteiger partial charge >= 0.3 is 0 Å². The van der Waals surface area contributed by atoms with Gasteiger partial charge in [0.25, 0.3) is 5.91 Å². The van der Waals surface area contributed by atoms with E-state index in [2.05, 4.69) is 15.6 Å². The Morgan fingerprint density at radius 3 is 2.25 bits per heavy atom. The maximum Gasteiger partial charge on any atom is 0.289 e. The van der Waals surface area contributed by atoms with Crippen molar-refractivity contribution < 1.29 is 19.2 Å². The Morgan fingerprint density at radius 2 is 1.58 bits per heavy atom. The lowest BCUT2D eigenvalue weighted by Gasteiger charge is -2.26. The molecule has 2 aromatic carbocycles. The Morgan fingerprint density at radius 1 is 0.917 bits per heavy atom. The van der Waals surface area contributed by atoms with Gasteiger partial charge < -0.3 is 15.5 Å². The van der Waals surface area contributed by atoms with Crippen LogP contribution < -0.4 is 10.6 Å². The molecule has 0 saturated carbocycles. The van der Waals surface area contributed by atoms with Gasteiger partial charge in [-0.25, -0.2) is 0 Å². The Bertz CT molecular complexity index is 1200. The number of rotatable bonds is 10. The van der Waals surface area contributed by atoms with Crippen molar-refractivity contribution in [3.05, 3.63) is 102 Å². The largest absolute Gasteiger partial charge is 0.344 e. The van der Waals surface area contributed by atoms with E-state index >= 15 is 0 Å². The molecule has 1 aliphatic heterocycles. The van der Waals surface area contributed by atoms with Crippen LogP contribution in [0.2, 0.25) is 0 Å². The summed E-state index contributed by atoms with van der Waals surface area (Å²) in [6.45, 7) is 0.402. The molecule has 0 aliphatic carbocycles. The normalized spacial score (nSPS) is 15.8. The van der Waals surface area contributed by atoms with E-state index in [-0.39, 0.29) is 25.3 Å². The molecule has 1 aromatic heterocycles. The Kier molecular flexibility index (Phi) is 8.18. The van der Waals surface area contributed by atoms with Gasteiger partial charge in [0.05, 0.1) is 12.2 Å². The quantitative estimate of drug-likeness (QED) is 0.429. The molecule has 36 heavy (non-hydrogen) atoms. The van der Waals surface area contributed by atoms with Gasteiger partial charge in [-0.15, -0.1) is 0 Å². The van der Waals surface area contributed by atoms with Crippen molar-refractivity contribution in [3.8, 4) is 0 Å². The molecule has 4 rings (SSSR count). The standard InChI is InChI=1S/C28H28N4O4/c33-25-15-14-24(32(25)19-21-11-5-2-6-12-21)27(35)31-23(17-20-9-3-1-4-10-20)26(34)28(36)30-18-22-13-7-8-16-29-22/h1-13,16,23-24H,14-15,17-19H2,(H,30,36)(H,31,35). The minimum absolute atomic E-state index is 0.0966. The highest BCUT2D eigenvalue weighted by molar-refractivity contribution is 6.38. The topological polar surface area (TPSA) is 108 Å². The van der Waals surface area contributed by atoms with Gasteiger partial charge in [-0.3, -0.25) is 24.2 Å². The van der Waals surface area contributed by atoms with Crippen LogP contribution >= 0.6 is 0 Å². The molecule has 3 amide bonds. The summed E-state index contributed by atoms with van der Waals surface area (Å²) in [6.07, 6.45) is 2.37. The highest BCUT2D eigenvalue weighted by atomic mass is 16.2. The second kappa shape index (κ2) is 11.9. The maximum absolute atomic E-state index is 13.3. The lowest BCUT2D eigenvalue weighted by Crippen LogP contribution is -2.53. The van der Waals surface area contributed by atoms with Crippen molar-refractivity contribution in [2.24, 2.45) is 0 Å². The molecule has 1 aliphatic rings. The molecule has 2 atom stereocenters. The van der Waals surface area contributed by atoms with Crippen LogP contribution in [-0.4, -0.2) is 45.5 Å². The summed E-state index contributed by atoms with van der Waals surface area (Å²) >= 11 is 0. The number of ketones is 1. The van der Waals surface area contributed by atoms with Crippen molar-refractivity contribution in [1.29, 1.82) is 0 Å². The molecule has 2 N–H and O–H groups in total. The average molecular weight is 485 g/mol. The second-order valence-electron chi connectivity index (χ2n) is 8.68. The van der Waals surface area contributed by atoms with Crippen molar-refractivity contribution in [2.45, 2.75) is 44.4 Å². The number of nitrogens with zero attached hydrogens (tertiary/aromatic N) is 2. The Labute approximate surface area is 209 Å². The number of benzene rings is 2. The molecule has 2 heterocycles. The first-order valence-electron chi connectivity index (χ1n) is 11.9. The van der Waals surface area contributed by atoms with E-state index in [0.717, 1.165) is 11.1 Å². The van der Waals surface area contributed by atoms with E-state index in [1.807, 2.05) is 60.7 Å². The average Bonchev–Trinajstić information content (AvgIpc) is 3.28. The van der Waals surface area contributed by atoms with Crippen LogP contribution in [0.25, 0.3) is 0 Å². The van der Waals surface area contributed by atoms with E-state index < -0.39 is 29.7 Å². The zero-order chi connectivity index (χ0) is 25.3. The summed E-state index contributed by atoms with van der Waals surface area (Å²) in [5, 5.41) is 5.35. The third kappa shape index (κ3) is 6.41. The van der Waals surface area contributed by atoms with Crippen molar-refractivity contribution >= 4 is 23.5 Å². The number of Topliss-reactive ketones (excluding diaryl/α,β-unsaturated/α-hetero) is 1. The smallest absolute Gasteiger partial charge is 0.289 e. The van der Waals surface area contributed by atoms with Crippen LogP contribution in [0, 0.1) is 0 Å². The lowest BCUT2D eigenvalue weighted by molar-refractivity contribution is -0.141. The van der Waals surface area contributed by atoms with Gasteiger partial charge in [-0.05, 0) is 29.7 Å². The molecule has 1 fully saturated rings. The summed E-state index contributed by atoms with van der Waals surface area (Å²) in [6, 6.07) is 22.1. The number of pyridine rings is 1. The van der Waals surface area contributed by atoms with Crippen LogP contribution in [0.5, 0.6) is 0 Å². The first-order valence-corrected chi connectivity index (χ1v) is 11.9. The van der Waals surface area contributed by atoms with E-state index in [0.29, 0.717) is 18.7 Å². The first kappa shape index (κ1) is 24.8. The van der Waals surface area contributed by atoms with Crippen LogP contribution in [0.4, 0.5) is 0 Å². The number of hydrogen-bond acceptors (Lipinski definition) is 5. The lowest BCUT2D eigenvalue weighted by atomic mass is 10.0. The van der Waals surface area contributed by atoms with Crippen LogP contribution in [-0.2, 0) is 38.7 Å². The zero-order valence-corrected chi connectivity index (χ0v) is 19.8. The molecule has 8 heteroatoms. The van der Waals surface area contributed by atoms with Crippen LogP contribution in [0.1, 0.15) is 29.7 Å². The fraction of sp³-hybridized carbons (Fsp3) is 0.250. The molecule has 0 radical (unpaired) electrons. The fourth-order valence-electron chi connectivity index (χ4n) is 4.23. The predicted molar refractivity (Wildman–Crippen MR) is 133 cm³/mol. The van der Waals surface area contributed by atoms with Gasteiger partial charge in [0, 0.05) is 25.6 Å². The Hall–Kier alpha value is -4.33. The van der Waals surface area contributed by atoms with Crippen LogP contribution in [0.3, 0.4) is 0 Å². The zero-order valence-electron chi connectivity index (χ0n) is 19.8. The third-order valence-corrected chi connectivity index (χ3v) is 6.12. The molecule has 184 valence electrons. The second-order valence-corrected chi connectivity index (χ2v) is 8.68. The minimum atomic E-state index is -1.07. The Balaban J connectivity index is 1.47. The third-order valence-electron chi connectivity index (χ3n) is 6.12. The van der Waals surface area contributed by atoms with Crippen molar-refractivity contribution in [3.63, 3.8) is 0 Å². The van der Waals surface area contributed by atoms with Gasteiger partial charge in [-0.2, -0.15) is 0 Å². The monoisotopic (exact) mass is 484 g/mol. The van der Waals surface area contributed by atoms with Gasteiger partial charge in [0.2, 0.25) is 17.6 Å². The molecule has 1 saturated heterocycles. The summed E-state index contributed by atoms with van der Waals surface area (Å²) in [5.74, 6) is -2.10. The number of nitrogens with one attached hydrogen (secondary N) is 2. The number of likely N-dealkylation sites (tertiary alicyclic amines) is 1. The number of hydrogen-bond donors (Lipinski definition) is 2. The summed E-state index contributed by atoms with van der Waals surface area (Å²) in [7, 11) is 0. The van der Waals surface area contributed by atoms with Crippen molar-refractivity contribution in [2.75, 3.05) is 0 Å². The molecule has 0 spiro atoms. The number of aromatic nitrogens is 1. The highest BCUT2D eigenvalue weighted by Gasteiger charge is 2.38. The maximum atomic E-state index is 13.3. The molecule has 0 bridgehead atoms. The molecule has 8 nitrogen and oxygen atoms in total. The van der Waals surface area contributed by atoms with E-state index in [1.165, 1.54) is 4.90 Å². The summed E-state index contributed by atoms with van der Waals surface area (Å²) in [5.41, 5.74) is 2.33. The number of amides is 3. The SMILES string of the molecule is O=C(NCc1ccccn1)C(=O)C(Cc1ccccc1)NC(=O)C1CCC(=O)N1Cc1ccccc1. The van der Waals surface area contributed by atoms with Gasteiger partial charge in [0.1, 0.15) is 12.1 Å². The van der Waals surface area contributed by atoms with Gasteiger partial charge in [0.15, 0.2) is 0 Å². The highest BCUT2D eigenvalue weighted by Crippen LogP contribution is 2.22. The molecular formula is C28H28N4O4. The minimum Gasteiger partial charge on any atom is -0.344 e. The fourth-order valence-corrected chi connectivity index (χ4v) is 4.23. The van der Waals surface area contributed by atoms with Crippen LogP contribution in [0.15, 0.2) is 85.1 Å². The van der Waals surface area contributed by atoms with Crippen molar-refractivity contribution in [1.82, 2.24) is 20.5 Å². The van der Waals surface area contributed by atoms with E-state index in [9.17, 15) is 19.2 Å². The number of carbonyl (C=O) groups excluding carboxylic acids is 4. The van der Waals surface area contributed by atoms with Gasteiger partial charge in [-0.1, -0.05) is 66.7 Å². The van der Waals surface area contributed by atoms with E-state index in [4.69, 9.17) is 0 Å². The molecule has 2 unspecified atom stereocenters. The number of carbonyl (C=O) groups is 4. The summed E-state index contributed by atoms with van der Waals surface area (Å²) in [4.78, 5) is 57.4. The first-order chi connectivity index (χ1) is 17.5. The predicted octanol–water partition coefficient (Wildman–Crippen LogP) is 2.19. The molecular weight excluding hydrogens is 456 g/mol. The van der Waals surface area contributed by atoms with E-state index in [1.54, 1.807) is 24.4 Å².